The normalized spacial score (nSPS) is 26.3. The fourth-order valence-electron chi connectivity index (χ4n) is 6.52. The van der Waals surface area contributed by atoms with E-state index in [0.29, 0.717) is 38.3 Å². The number of aliphatic hydroxyl groups is 2. The molecule has 0 spiro atoms. The molecule has 0 bridgehead atoms. The summed E-state index contributed by atoms with van der Waals surface area (Å²) in [6.45, 7) is 22.3. The van der Waals surface area contributed by atoms with Gasteiger partial charge in [-0.2, -0.15) is 0 Å². The monoisotopic (exact) mass is 588 g/mol. The third kappa shape index (κ3) is 9.46. The Hall–Kier alpha value is -2.08. The van der Waals surface area contributed by atoms with Crippen molar-refractivity contribution in [2.75, 3.05) is 72.1 Å². The average Bonchev–Trinajstić information content (AvgIpc) is 2.99. The van der Waals surface area contributed by atoms with E-state index in [9.17, 15) is 19.8 Å². The molecule has 0 aromatic carbocycles. The Morgan fingerprint density at radius 3 is 1.86 bits per heavy atom. The lowest BCUT2D eigenvalue weighted by atomic mass is 10.1. The second-order valence-corrected chi connectivity index (χ2v) is 12.5. The number of aliphatic hydroxyl groups excluding tert-OH is 2. The third-order valence-corrected chi connectivity index (χ3v) is 9.31. The molecule has 3 aliphatic heterocycles. The zero-order chi connectivity index (χ0) is 30.8. The van der Waals surface area contributed by atoms with Gasteiger partial charge in [-0.3, -0.25) is 29.2 Å². The summed E-state index contributed by atoms with van der Waals surface area (Å²) in [4.78, 5) is 38.5. The topological polar surface area (TPSA) is 94.0 Å². The Bertz CT molecular complexity index is 934. The van der Waals surface area contributed by atoms with E-state index in [1.165, 1.54) is 6.08 Å². The molecule has 2 N–H and O–H groups in total. The standard InChI is InChI=1S/C32H56N6O4/c1-7-30(40)36-19-21-38(29(23-36)24-39)27(5)11-9-13-32(42)35-18-20-37(28(6)22-35)26(4)10-8-12-31(41)34-16-14-33(15-17-34)25(2)3/h7-9,12-13,25-30,39-40H,1,10-11,14-24H2,2-6H3/b12-8-,13-9-. The second-order valence-electron chi connectivity index (χ2n) is 12.5. The molecule has 3 rings (SSSR count). The molecular formula is C32H56N6O4. The van der Waals surface area contributed by atoms with E-state index in [0.717, 1.165) is 52.1 Å². The van der Waals surface area contributed by atoms with Crippen LogP contribution in [-0.4, -0.2) is 160 Å². The summed E-state index contributed by atoms with van der Waals surface area (Å²) in [6, 6.07) is 1.18. The van der Waals surface area contributed by atoms with Crippen LogP contribution < -0.4 is 0 Å². The molecule has 3 aliphatic rings. The van der Waals surface area contributed by atoms with E-state index in [2.05, 4.69) is 55.9 Å². The highest BCUT2D eigenvalue weighted by Gasteiger charge is 2.32. The molecule has 238 valence electrons. The van der Waals surface area contributed by atoms with Gasteiger partial charge in [-0.1, -0.05) is 18.7 Å². The second kappa shape index (κ2) is 16.7. The first kappa shape index (κ1) is 34.4. The smallest absolute Gasteiger partial charge is 0.246 e. The highest BCUT2D eigenvalue weighted by molar-refractivity contribution is 5.88. The molecule has 3 heterocycles. The van der Waals surface area contributed by atoms with Gasteiger partial charge >= 0.3 is 0 Å². The minimum absolute atomic E-state index is 0.0236. The minimum Gasteiger partial charge on any atom is -0.395 e. The Balaban J connectivity index is 1.39. The fourth-order valence-corrected chi connectivity index (χ4v) is 6.52. The van der Waals surface area contributed by atoms with Crippen LogP contribution in [0.2, 0.25) is 0 Å². The third-order valence-electron chi connectivity index (χ3n) is 9.31. The molecule has 10 heteroatoms. The molecule has 5 unspecified atom stereocenters. The summed E-state index contributed by atoms with van der Waals surface area (Å²) in [5.41, 5.74) is 0. The van der Waals surface area contributed by atoms with Crippen LogP contribution in [-0.2, 0) is 9.59 Å². The molecular weight excluding hydrogens is 532 g/mol. The summed E-state index contributed by atoms with van der Waals surface area (Å²) in [7, 11) is 0. The first-order valence-electron chi connectivity index (χ1n) is 15.9. The average molecular weight is 589 g/mol. The van der Waals surface area contributed by atoms with Gasteiger partial charge in [-0.05, 0) is 65.7 Å². The highest BCUT2D eigenvalue weighted by Crippen LogP contribution is 2.19. The quantitative estimate of drug-likeness (QED) is 0.260. The number of nitrogens with zero attached hydrogens (tertiary/aromatic N) is 6. The lowest BCUT2D eigenvalue weighted by Crippen LogP contribution is -2.59. The first-order chi connectivity index (χ1) is 20.0. The number of carbonyl (C=O) groups excluding carboxylic acids is 2. The van der Waals surface area contributed by atoms with Crippen LogP contribution in [0.3, 0.4) is 0 Å². The van der Waals surface area contributed by atoms with Gasteiger partial charge in [-0.15, -0.1) is 0 Å². The van der Waals surface area contributed by atoms with Gasteiger partial charge < -0.3 is 20.0 Å². The lowest BCUT2D eigenvalue weighted by Gasteiger charge is -2.44. The Labute approximate surface area is 253 Å². The Morgan fingerprint density at radius 2 is 1.31 bits per heavy atom. The van der Waals surface area contributed by atoms with E-state index in [4.69, 9.17) is 0 Å². The van der Waals surface area contributed by atoms with Crippen LogP contribution in [0, 0.1) is 0 Å². The van der Waals surface area contributed by atoms with Gasteiger partial charge in [-0.25, -0.2) is 0 Å². The van der Waals surface area contributed by atoms with E-state index in [1.807, 2.05) is 26.9 Å². The van der Waals surface area contributed by atoms with E-state index in [1.54, 1.807) is 12.2 Å². The molecule has 42 heavy (non-hydrogen) atoms. The van der Waals surface area contributed by atoms with Gasteiger partial charge in [0.25, 0.3) is 0 Å². The predicted octanol–water partition coefficient (Wildman–Crippen LogP) is 1.22. The largest absolute Gasteiger partial charge is 0.395 e. The fraction of sp³-hybridized carbons (Fsp3) is 0.750. The maximum Gasteiger partial charge on any atom is 0.246 e. The molecule has 0 aliphatic carbocycles. The molecule has 5 atom stereocenters. The number of carbonyl (C=O) groups is 2. The molecule has 3 fully saturated rings. The van der Waals surface area contributed by atoms with Crippen molar-refractivity contribution in [1.29, 1.82) is 0 Å². The highest BCUT2D eigenvalue weighted by atomic mass is 16.3. The van der Waals surface area contributed by atoms with Gasteiger partial charge in [0.2, 0.25) is 11.8 Å². The van der Waals surface area contributed by atoms with Crippen molar-refractivity contribution >= 4 is 11.8 Å². The first-order valence-corrected chi connectivity index (χ1v) is 15.9. The van der Waals surface area contributed by atoms with Crippen molar-refractivity contribution in [3.8, 4) is 0 Å². The maximum atomic E-state index is 13.0. The number of hydrogen-bond acceptors (Lipinski definition) is 8. The van der Waals surface area contributed by atoms with Crippen LogP contribution in [0.5, 0.6) is 0 Å². The number of rotatable bonds is 12. The summed E-state index contributed by atoms with van der Waals surface area (Å²) in [6.07, 6.45) is 9.76. The number of amides is 2. The minimum atomic E-state index is -0.693. The molecule has 0 aromatic heterocycles. The zero-order valence-corrected chi connectivity index (χ0v) is 26.6. The van der Waals surface area contributed by atoms with Crippen LogP contribution in [0.4, 0.5) is 0 Å². The maximum absolute atomic E-state index is 13.0. The predicted molar refractivity (Wildman–Crippen MR) is 168 cm³/mol. The summed E-state index contributed by atoms with van der Waals surface area (Å²) >= 11 is 0. The summed E-state index contributed by atoms with van der Waals surface area (Å²) in [5, 5.41) is 20.0. The van der Waals surface area contributed by atoms with Crippen LogP contribution in [0.1, 0.15) is 47.5 Å². The van der Waals surface area contributed by atoms with Crippen molar-refractivity contribution in [3.05, 3.63) is 37.0 Å². The zero-order valence-electron chi connectivity index (χ0n) is 26.6. The SMILES string of the molecule is C=CC(O)N1CCN(C(C)C/C=C\C(=O)N2CCN(C(C)C/C=C\C(=O)N3CCN(C(C)C)CC3)C(C)C2)C(CO)C1. The Kier molecular flexibility index (Phi) is 13.7. The van der Waals surface area contributed by atoms with Crippen molar-refractivity contribution in [2.24, 2.45) is 0 Å². The van der Waals surface area contributed by atoms with Gasteiger partial charge in [0, 0.05) is 95.7 Å². The number of hydrogen-bond donors (Lipinski definition) is 2. The molecule has 0 aromatic rings. The Morgan fingerprint density at radius 1 is 0.786 bits per heavy atom. The van der Waals surface area contributed by atoms with Crippen LogP contribution >= 0.6 is 0 Å². The molecule has 3 saturated heterocycles. The molecule has 0 radical (unpaired) electrons. The summed E-state index contributed by atoms with van der Waals surface area (Å²) in [5.74, 6) is 0.151. The van der Waals surface area contributed by atoms with Gasteiger partial charge in [0.05, 0.1) is 6.61 Å². The molecule has 10 nitrogen and oxygen atoms in total. The number of piperazine rings is 3. The van der Waals surface area contributed by atoms with Crippen molar-refractivity contribution in [2.45, 2.75) is 83.9 Å². The summed E-state index contributed by atoms with van der Waals surface area (Å²) < 4.78 is 0. The van der Waals surface area contributed by atoms with Crippen LogP contribution in [0.25, 0.3) is 0 Å². The van der Waals surface area contributed by atoms with Crippen molar-refractivity contribution in [3.63, 3.8) is 0 Å². The molecule has 0 saturated carbocycles. The van der Waals surface area contributed by atoms with Crippen molar-refractivity contribution in [1.82, 2.24) is 29.4 Å². The van der Waals surface area contributed by atoms with Crippen LogP contribution in [0.15, 0.2) is 37.0 Å². The van der Waals surface area contributed by atoms with E-state index < -0.39 is 6.23 Å². The lowest BCUT2D eigenvalue weighted by molar-refractivity contribution is -0.129. The van der Waals surface area contributed by atoms with E-state index in [-0.39, 0.29) is 36.5 Å². The van der Waals surface area contributed by atoms with Gasteiger partial charge in [0.15, 0.2) is 0 Å². The van der Waals surface area contributed by atoms with Gasteiger partial charge in [0.1, 0.15) is 6.23 Å². The molecule has 2 amide bonds. The van der Waals surface area contributed by atoms with Crippen molar-refractivity contribution < 1.29 is 19.8 Å². The van der Waals surface area contributed by atoms with E-state index >= 15 is 0 Å².